The lowest BCUT2D eigenvalue weighted by Gasteiger charge is -2.27. The molecule has 3 rings (SSSR count). The minimum absolute atomic E-state index is 0.0109. The largest absolute Gasteiger partial charge is 0.481 e. The van der Waals surface area contributed by atoms with E-state index in [0.717, 1.165) is 12.8 Å². The van der Waals surface area contributed by atoms with Gasteiger partial charge in [0, 0.05) is 36.9 Å². The number of amides is 2. The van der Waals surface area contributed by atoms with Crippen molar-refractivity contribution in [3.05, 3.63) is 21.9 Å². The molecular formula is C17H22N2O4S. The van der Waals surface area contributed by atoms with Gasteiger partial charge in [-0.2, -0.15) is 0 Å². The highest BCUT2D eigenvalue weighted by Crippen LogP contribution is 2.26. The minimum Gasteiger partial charge on any atom is -0.481 e. The summed E-state index contributed by atoms with van der Waals surface area (Å²) >= 11 is 1.73. The first-order chi connectivity index (χ1) is 11.5. The molecule has 7 heteroatoms. The van der Waals surface area contributed by atoms with Crippen LogP contribution in [0.5, 0.6) is 0 Å². The smallest absolute Gasteiger partial charge is 0.308 e. The first-order valence-corrected chi connectivity index (χ1v) is 9.27. The summed E-state index contributed by atoms with van der Waals surface area (Å²) in [4.78, 5) is 38.6. The van der Waals surface area contributed by atoms with Gasteiger partial charge in [-0.1, -0.05) is 6.42 Å². The van der Waals surface area contributed by atoms with Crippen LogP contribution >= 0.6 is 11.3 Å². The monoisotopic (exact) mass is 350 g/mol. The summed E-state index contributed by atoms with van der Waals surface area (Å²) in [5.41, 5.74) is 1.21. The van der Waals surface area contributed by atoms with E-state index in [1.807, 2.05) is 5.38 Å². The highest BCUT2D eigenvalue weighted by molar-refractivity contribution is 7.10. The Labute approximate surface area is 144 Å². The zero-order valence-electron chi connectivity index (χ0n) is 13.5. The number of nitrogens with one attached hydrogen (secondary N) is 1. The number of thiophene rings is 1. The molecule has 0 bridgehead atoms. The number of carboxylic acid groups (broad SMARTS) is 1. The van der Waals surface area contributed by atoms with Crippen molar-refractivity contribution >= 4 is 29.1 Å². The normalized spacial score (nSPS) is 22.9. The number of hydrogen-bond donors (Lipinski definition) is 2. The molecule has 1 aliphatic heterocycles. The highest BCUT2D eigenvalue weighted by atomic mass is 32.1. The topological polar surface area (TPSA) is 86.7 Å². The summed E-state index contributed by atoms with van der Waals surface area (Å²) < 4.78 is 0. The summed E-state index contributed by atoms with van der Waals surface area (Å²) in [7, 11) is 0. The van der Waals surface area contributed by atoms with E-state index < -0.39 is 11.9 Å². The van der Waals surface area contributed by atoms with E-state index >= 15 is 0 Å². The second kappa shape index (κ2) is 7.34. The third-order valence-corrected chi connectivity index (χ3v) is 5.93. The van der Waals surface area contributed by atoms with E-state index in [2.05, 4.69) is 11.4 Å². The lowest BCUT2D eigenvalue weighted by Crippen LogP contribution is -2.41. The van der Waals surface area contributed by atoms with E-state index in [4.69, 9.17) is 5.11 Å². The average Bonchev–Trinajstić information content (AvgIpc) is 3.20. The third kappa shape index (κ3) is 3.77. The number of aliphatic carboxylic acids is 1. The van der Waals surface area contributed by atoms with Crippen molar-refractivity contribution < 1.29 is 19.5 Å². The third-order valence-electron chi connectivity index (χ3n) is 4.91. The molecule has 2 N–H and O–H groups in total. The van der Waals surface area contributed by atoms with E-state index in [-0.39, 0.29) is 30.7 Å². The molecule has 1 saturated carbocycles. The van der Waals surface area contributed by atoms with Gasteiger partial charge in [0.2, 0.25) is 11.8 Å². The Morgan fingerprint density at radius 2 is 2.12 bits per heavy atom. The van der Waals surface area contributed by atoms with E-state index in [1.54, 1.807) is 16.2 Å². The van der Waals surface area contributed by atoms with Crippen LogP contribution < -0.4 is 5.32 Å². The maximum absolute atomic E-state index is 12.3. The molecule has 1 aliphatic carbocycles. The molecule has 6 nitrogen and oxygen atoms in total. The minimum atomic E-state index is -0.853. The van der Waals surface area contributed by atoms with Gasteiger partial charge >= 0.3 is 5.97 Å². The lowest BCUT2D eigenvalue weighted by atomic mass is 10.0. The van der Waals surface area contributed by atoms with E-state index in [1.165, 1.54) is 10.4 Å². The summed E-state index contributed by atoms with van der Waals surface area (Å²) in [6.45, 7) is 1.33. The number of nitrogens with zero attached hydrogens (tertiary/aromatic N) is 1. The maximum atomic E-state index is 12.3. The van der Waals surface area contributed by atoms with Crippen LogP contribution in [-0.2, 0) is 27.3 Å². The Balaban J connectivity index is 1.45. The quantitative estimate of drug-likeness (QED) is 0.847. The molecule has 2 amide bonds. The van der Waals surface area contributed by atoms with Gasteiger partial charge in [0.1, 0.15) is 0 Å². The molecule has 0 unspecified atom stereocenters. The van der Waals surface area contributed by atoms with Gasteiger partial charge in [0.25, 0.3) is 0 Å². The Morgan fingerprint density at radius 1 is 1.29 bits per heavy atom. The van der Waals surface area contributed by atoms with Crippen LogP contribution in [-0.4, -0.2) is 40.4 Å². The molecule has 0 radical (unpaired) electrons. The van der Waals surface area contributed by atoms with Gasteiger partial charge in [0.15, 0.2) is 0 Å². The van der Waals surface area contributed by atoms with Crippen LogP contribution in [0.3, 0.4) is 0 Å². The molecule has 1 aromatic heterocycles. The SMILES string of the molecule is O=C(CCC(=O)N1CCc2sccc2C1)N[C@H]1CCC[C@H]1C(=O)O. The van der Waals surface area contributed by atoms with Gasteiger partial charge in [0.05, 0.1) is 5.92 Å². The molecule has 2 heterocycles. The zero-order chi connectivity index (χ0) is 17.1. The summed E-state index contributed by atoms with van der Waals surface area (Å²) in [6, 6.07) is 1.76. The molecule has 1 aromatic rings. The number of fused-ring (bicyclic) bond motifs is 1. The van der Waals surface area contributed by atoms with Crippen molar-refractivity contribution in [3.63, 3.8) is 0 Å². The maximum Gasteiger partial charge on any atom is 0.308 e. The predicted molar refractivity (Wildman–Crippen MR) is 89.6 cm³/mol. The Morgan fingerprint density at radius 3 is 2.92 bits per heavy atom. The summed E-state index contributed by atoms with van der Waals surface area (Å²) in [5, 5.41) is 14.0. The van der Waals surface area contributed by atoms with Gasteiger partial charge in [-0.15, -0.1) is 11.3 Å². The van der Waals surface area contributed by atoms with E-state index in [9.17, 15) is 14.4 Å². The fourth-order valence-corrected chi connectivity index (χ4v) is 4.44. The van der Waals surface area contributed by atoms with Crippen molar-refractivity contribution in [3.8, 4) is 0 Å². The molecule has 24 heavy (non-hydrogen) atoms. The number of carbonyl (C=O) groups is 3. The van der Waals surface area contributed by atoms with Crippen LogP contribution in [0.2, 0.25) is 0 Å². The molecule has 2 atom stereocenters. The molecule has 0 aromatic carbocycles. The summed E-state index contributed by atoms with van der Waals surface area (Å²) in [5.74, 6) is -1.59. The van der Waals surface area contributed by atoms with Gasteiger partial charge < -0.3 is 15.3 Å². The van der Waals surface area contributed by atoms with Crippen molar-refractivity contribution in [2.24, 2.45) is 5.92 Å². The molecule has 130 valence electrons. The van der Waals surface area contributed by atoms with Gasteiger partial charge in [-0.05, 0) is 36.3 Å². The molecular weight excluding hydrogens is 328 g/mol. The lowest BCUT2D eigenvalue weighted by molar-refractivity contribution is -0.142. The molecule has 0 saturated heterocycles. The fourth-order valence-electron chi connectivity index (χ4n) is 3.55. The second-order valence-electron chi connectivity index (χ2n) is 6.48. The summed E-state index contributed by atoms with van der Waals surface area (Å²) in [6.07, 6.45) is 3.30. The number of hydrogen-bond acceptors (Lipinski definition) is 4. The highest BCUT2D eigenvalue weighted by Gasteiger charge is 2.33. The van der Waals surface area contributed by atoms with Crippen LogP contribution in [0.25, 0.3) is 0 Å². The average molecular weight is 350 g/mol. The van der Waals surface area contributed by atoms with Gasteiger partial charge in [-0.25, -0.2) is 0 Å². The molecule has 0 spiro atoms. The Bertz CT molecular complexity index is 642. The Kier molecular flexibility index (Phi) is 5.18. The van der Waals surface area contributed by atoms with Crippen molar-refractivity contribution in [1.82, 2.24) is 10.2 Å². The number of rotatable bonds is 5. The van der Waals surface area contributed by atoms with Crippen LogP contribution in [0.4, 0.5) is 0 Å². The van der Waals surface area contributed by atoms with Crippen LogP contribution in [0, 0.1) is 5.92 Å². The fraction of sp³-hybridized carbons (Fsp3) is 0.588. The van der Waals surface area contributed by atoms with Crippen molar-refractivity contribution in [2.75, 3.05) is 6.54 Å². The van der Waals surface area contributed by atoms with Crippen molar-refractivity contribution in [2.45, 2.75) is 51.1 Å². The Hall–Kier alpha value is -1.89. The molecule has 2 aliphatic rings. The standard InChI is InChI=1S/C17H22N2O4S/c20-15(18-13-3-1-2-12(13)17(22)23)4-5-16(21)19-8-6-14-11(10-19)7-9-24-14/h7,9,12-13H,1-6,8,10H2,(H,18,20)(H,22,23)/t12-,13+/m1/s1. The van der Waals surface area contributed by atoms with Crippen LogP contribution in [0.15, 0.2) is 11.4 Å². The van der Waals surface area contributed by atoms with Crippen LogP contribution in [0.1, 0.15) is 42.5 Å². The van der Waals surface area contributed by atoms with Gasteiger partial charge in [-0.3, -0.25) is 14.4 Å². The first kappa shape index (κ1) is 17.0. The second-order valence-corrected chi connectivity index (χ2v) is 7.48. The number of carbonyl (C=O) groups excluding carboxylic acids is 2. The zero-order valence-corrected chi connectivity index (χ0v) is 14.3. The van der Waals surface area contributed by atoms with Crippen molar-refractivity contribution in [1.29, 1.82) is 0 Å². The first-order valence-electron chi connectivity index (χ1n) is 8.40. The van der Waals surface area contributed by atoms with E-state index in [0.29, 0.717) is 25.9 Å². The predicted octanol–water partition coefficient (Wildman–Crippen LogP) is 1.78. The molecule has 1 fully saturated rings. The number of carboxylic acids is 1.